The van der Waals surface area contributed by atoms with Gasteiger partial charge in [-0.3, -0.25) is 4.98 Å². The number of anilines is 1. The summed E-state index contributed by atoms with van der Waals surface area (Å²) in [6, 6.07) is 11.9. The van der Waals surface area contributed by atoms with Crippen LogP contribution in [0.3, 0.4) is 0 Å². The van der Waals surface area contributed by atoms with Crippen LogP contribution in [0.25, 0.3) is 0 Å². The molecule has 0 amide bonds. The van der Waals surface area contributed by atoms with E-state index in [-0.39, 0.29) is 5.97 Å². The number of esters is 1. The van der Waals surface area contributed by atoms with Crippen LogP contribution in [0, 0.1) is 6.92 Å². The number of aromatic nitrogens is 1. The van der Waals surface area contributed by atoms with Crippen LogP contribution >= 0.6 is 0 Å². The number of carbonyl (C=O) groups is 1. The lowest BCUT2D eigenvalue weighted by Crippen LogP contribution is -2.17. The molecule has 2 rings (SSSR count). The molecule has 2 aromatic rings. The molecule has 0 N–H and O–H groups in total. The maximum Gasteiger partial charge on any atom is 0.339 e. The number of benzene rings is 1. The van der Waals surface area contributed by atoms with Gasteiger partial charge in [-0.1, -0.05) is 12.1 Å². The second-order valence-electron chi connectivity index (χ2n) is 4.72. The zero-order valence-corrected chi connectivity index (χ0v) is 12.0. The summed E-state index contributed by atoms with van der Waals surface area (Å²) in [6.45, 7) is 2.76. The monoisotopic (exact) mass is 270 g/mol. The molecule has 4 heteroatoms. The molecule has 20 heavy (non-hydrogen) atoms. The van der Waals surface area contributed by atoms with E-state index in [1.54, 1.807) is 12.3 Å². The van der Waals surface area contributed by atoms with E-state index in [1.165, 1.54) is 12.7 Å². The largest absolute Gasteiger partial charge is 0.465 e. The standard InChI is InChI=1S/C16H18N2O2/c1-12-5-4-6-15(9-12)18(2)11-14-8-7-13(10-17-14)16(19)20-3/h4-10H,11H2,1-3H3. The Bertz CT molecular complexity index is 594. The number of ether oxygens (including phenoxy) is 1. The average Bonchev–Trinajstić information content (AvgIpc) is 2.47. The van der Waals surface area contributed by atoms with E-state index in [4.69, 9.17) is 0 Å². The van der Waals surface area contributed by atoms with Crippen molar-refractivity contribution in [2.45, 2.75) is 13.5 Å². The number of hydrogen-bond donors (Lipinski definition) is 0. The Labute approximate surface area is 119 Å². The summed E-state index contributed by atoms with van der Waals surface area (Å²) in [7, 11) is 3.38. The highest BCUT2D eigenvalue weighted by Crippen LogP contribution is 2.16. The van der Waals surface area contributed by atoms with Crippen molar-refractivity contribution >= 4 is 11.7 Å². The zero-order chi connectivity index (χ0) is 14.5. The maximum absolute atomic E-state index is 11.3. The van der Waals surface area contributed by atoms with Gasteiger partial charge in [0.2, 0.25) is 0 Å². The predicted octanol–water partition coefficient (Wildman–Crippen LogP) is 2.81. The van der Waals surface area contributed by atoms with Crippen molar-refractivity contribution < 1.29 is 9.53 Å². The van der Waals surface area contributed by atoms with E-state index < -0.39 is 0 Å². The lowest BCUT2D eigenvalue weighted by Gasteiger charge is -2.19. The van der Waals surface area contributed by atoms with Crippen molar-refractivity contribution in [2.75, 3.05) is 19.1 Å². The summed E-state index contributed by atoms with van der Waals surface area (Å²) < 4.78 is 4.65. The normalized spacial score (nSPS) is 10.2. The van der Waals surface area contributed by atoms with Crippen molar-refractivity contribution in [3.8, 4) is 0 Å². The minimum atomic E-state index is -0.365. The van der Waals surface area contributed by atoms with Gasteiger partial charge in [-0.2, -0.15) is 0 Å². The fourth-order valence-electron chi connectivity index (χ4n) is 1.96. The molecule has 0 fully saturated rings. The molecule has 1 aromatic heterocycles. The smallest absolute Gasteiger partial charge is 0.339 e. The first-order valence-corrected chi connectivity index (χ1v) is 6.41. The minimum Gasteiger partial charge on any atom is -0.465 e. The Kier molecular flexibility index (Phi) is 4.35. The third kappa shape index (κ3) is 3.35. The molecule has 0 aliphatic rings. The third-order valence-corrected chi connectivity index (χ3v) is 3.09. The SMILES string of the molecule is COC(=O)c1ccc(CN(C)c2cccc(C)c2)nc1. The van der Waals surface area contributed by atoms with E-state index in [0.29, 0.717) is 12.1 Å². The molecule has 0 atom stereocenters. The van der Waals surface area contributed by atoms with Gasteiger partial charge in [-0.15, -0.1) is 0 Å². The van der Waals surface area contributed by atoms with Crippen LogP contribution in [0.1, 0.15) is 21.6 Å². The quantitative estimate of drug-likeness (QED) is 0.801. The number of hydrogen-bond acceptors (Lipinski definition) is 4. The molecule has 0 radical (unpaired) electrons. The Morgan fingerprint density at radius 1 is 1.30 bits per heavy atom. The third-order valence-electron chi connectivity index (χ3n) is 3.09. The van der Waals surface area contributed by atoms with Gasteiger partial charge in [0, 0.05) is 18.9 Å². The number of carbonyl (C=O) groups excluding carboxylic acids is 1. The molecule has 1 heterocycles. The van der Waals surface area contributed by atoms with E-state index in [0.717, 1.165) is 11.4 Å². The molecule has 0 aliphatic heterocycles. The summed E-state index contributed by atoms with van der Waals surface area (Å²) in [5.74, 6) is -0.365. The van der Waals surface area contributed by atoms with Crippen LogP contribution in [0.2, 0.25) is 0 Å². The number of rotatable bonds is 4. The first-order chi connectivity index (χ1) is 9.60. The topological polar surface area (TPSA) is 42.4 Å². The molecule has 0 unspecified atom stereocenters. The molecule has 0 saturated heterocycles. The molecule has 4 nitrogen and oxygen atoms in total. The maximum atomic E-state index is 11.3. The number of aryl methyl sites for hydroxylation is 1. The van der Waals surface area contributed by atoms with Crippen LogP contribution in [0.5, 0.6) is 0 Å². The van der Waals surface area contributed by atoms with Gasteiger partial charge in [0.15, 0.2) is 0 Å². The Hall–Kier alpha value is -2.36. The molecule has 0 bridgehead atoms. The second kappa shape index (κ2) is 6.19. The van der Waals surface area contributed by atoms with Gasteiger partial charge in [0.25, 0.3) is 0 Å². The van der Waals surface area contributed by atoms with Gasteiger partial charge in [-0.25, -0.2) is 4.79 Å². The van der Waals surface area contributed by atoms with E-state index in [2.05, 4.69) is 39.7 Å². The number of pyridine rings is 1. The van der Waals surface area contributed by atoms with Gasteiger partial charge < -0.3 is 9.64 Å². The molecule has 104 valence electrons. The highest BCUT2D eigenvalue weighted by molar-refractivity contribution is 5.88. The number of methoxy groups -OCH3 is 1. The highest BCUT2D eigenvalue weighted by atomic mass is 16.5. The Balaban J connectivity index is 2.08. The van der Waals surface area contributed by atoms with Crippen LogP contribution in [0.4, 0.5) is 5.69 Å². The average molecular weight is 270 g/mol. The summed E-state index contributed by atoms with van der Waals surface area (Å²) in [5.41, 5.74) is 3.74. The fourth-order valence-corrected chi connectivity index (χ4v) is 1.96. The van der Waals surface area contributed by atoms with Crippen molar-refractivity contribution in [1.82, 2.24) is 4.98 Å². The van der Waals surface area contributed by atoms with Gasteiger partial charge >= 0.3 is 5.97 Å². The molecular formula is C16H18N2O2. The van der Waals surface area contributed by atoms with Crippen LogP contribution in [0.15, 0.2) is 42.6 Å². The van der Waals surface area contributed by atoms with Crippen molar-refractivity contribution in [3.63, 3.8) is 0 Å². The summed E-state index contributed by atoms with van der Waals surface area (Å²) in [4.78, 5) is 17.7. The van der Waals surface area contributed by atoms with Crippen LogP contribution in [-0.2, 0) is 11.3 Å². The fraction of sp³-hybridized carbons (Fsp3) is 0.250. The van der Waals surface area contributed by atoms with Crippen LogP contribution < -0.4 is 4.90 Å². The molecular weight excluding hydrogens is 252 g/mol. The van der Waals surface area contributed by atoms with Crippen molar-refractivity contribution in [1.29, 1.82) is 0 Å². The molecule has 0 aliphatic carbocycles. The van der Waals surface area contributed by atoms with E-state index >= 15 is 0 Å². The van der Waals surface area contributed by atoms with Gasteiger partial charge in [0.1, 0.15) is 0 Å². The molecule has 1 aromatic carbocycles. The van der Waals surface area contributed by atoms with E-state index in [1.807, 2.05) is 19.2 Å². The first kappa shape index (κ1) is 14.1. The van der Waals surface area contributed by atoms with Gasteiger partial charge in [0.05, 0.1) is 24.9 Å². The zero-order valence-electron chi connectivity index (χ0n) is 12.0. The second-order valence-corrected chi connectivity index (χ2v) is 4.72. The van der Waals surface area contributed by atoms with Crippen molar-refractivity contribution in [2.24, 2.45) is 0 Å². The highest BCUT2D eigenvalue weighted by Gasteiger charge is 2.07. The first-order valence-electron chi connectivity index (χ1n) is 6.41. The Morgan fingerprint density at radius 2 is 2.10 bits per heavy atom. The Morgan fingerprint density at radius 3 is 2.70 bits per heavy atom. The lowest BCUT2D eigenvalue weighted by molar-refractivity contribution is 0.0600. The predicted molar refractivity (Wildman–Crippen MR) is 78.9 cm³/mol. The number of nitrogens with zero attached hydrogens (tertiary/aromatic N) is 2. The minimum absolute atomic E-state index is 0.365. The van der Waals surface area contributed by atoms with E-state index in [9.17, 15) is 4.79 Å². The molecule has 0 spiro atoms. The van der Waals surface area contributed by atoms with Gasteiger partial charge in [-0.05, 0) is 36.8 Å². The summed E-state index contributed by atoms with van der Waals surface area (Å²) >= 11 is 0. The summed E-state index contributed by atoms with van der Waals surface area (Å²) in [5, 5.41) is 0. The summed E-state index contributed by atoms with van der Waals surface area (Å²) in [6.07, 6.45) is 1.55. The van der Waals surface area contributed by atoms with Crippen LogP contribution in [-0.4, -0.2) is 25.1 Å². The van der Waals surface area contributed by atoms with Crippen molar-refractivity contribution in [3.05, 3.63) is 59.4 Å². The lowest BCUT2D eigenvalue weighted by atomic mass is 10.2. The molecule has 0 saturated carbocycles.